The van der Waals surface area contributed by atoms with Crippen LogP contribution in [0.15, 0.2) is 49.2 Å². The molecule has 0 aliphatic rings. The zero-order valence-electron chi connectivity index (χ0n) is 16.9. The Bertz CT molecular complexity index is 1140. The van der Waals surface area contributed by atoms with Crippen molar-refractivity contribution in [3.8, 4) is 5.69 Å². The van der Waals surface area contributed by atoms with E-state index in [0.717, 1.165) is 22.3 Å². The second kappa shape index (κ2) is 7.46. The monoisotopic (exact) mass is 389 g/mol. The molecule has 0 saturated heterocycles. The van der Waals surface area contributed by atoms with Crippen molar-refractivity contribution >= 4 is 16.9 Å². The summed E-state index contributed by atoms with van der Waals surface area (Å²) >= 11 is 0. The van der Waals surface area contributed by atoms with Crippen molar-refractivity contribution in [2.75, 3.05) is 0 Å². The lowest BCUT2D eigenvalue weighted by atomic mass is 10.1. The number of rotatable bonds is 5. The zero-order valence-corrected chi connectivity index (χ0v) is 16.9. The van der Waals surface area contributed by atoms with Gasteiger partial charge in [-0.2, -0.15) is 10.2 Å². The van der Waals surface area contributed by atoms with Crippen LogP contribution >= 0.6 is 0 Å². The van der Waals surface area contributed by atoms with Crippen LogP contribution in [0.3, 0.4) is 0 Å². The number of carbonyl (C=O) groups is 1. The van der Waals surface area contributed by atoms with Crippen molar-refractivity contribution in [2.45, 2.75) is 39.8 Å². The first-order valence-electron chi connectivity index (χ1n) is 9.54. The fourth-order valence-corrected chi connectivity index (χ4v) is 3.29. The standard InChI is InChI=1S/C21H23N7O/c1-13(2)28-20-17(10-23-28)9-19(15(4)25-20)21(29)26-14(3)16-5-7-18(8-6-16)27-12-22-11-24-27/h5-14H,1-4H3,(H,26,29)/t14-/m1/s1. The predicted octanol–water partition coefficient (Wildman–Crippen LogP) is 3.39. The summed E-state index contributed by atoms with van der Waals surface area (Å²) in [7, 11) is 0. The summed E-state index contributed by atoms with van der Waals surface area (Å²) in [4.78, 5) is 21.5. The van der Waals surface area contributed by atoms with Crippen LogP contribution in [-0.4, -0.2) is 35.4 Å². The molecule has 4 aromatic rings. The van der Waals surface area contributed by atoms with Gasteiger partial charge in [-0.3, -0.25) is 4.79 Å². The number of pyridine rings is 1. The van der Waals surface area contributed by atoms with E-state index in [0.29, 0.717) is 11.3 Å². The van der Waals surface area contributed by atoms with Crippen molar-refractivity contribution in [3.63, 3.8) is 0 Å². The minimum absolute atomic E-state index is 0.151. The molecular weight excluding hydrogens is 366 g/mol. The maximum Gasteiger partial charge on any atom is 0.253 e. The lowest BCUT2D eigenvalue weighted by molar-refractivity contribution is 0.0939. The number of nitrogens with one attached hydrogen (secondary N) is 1. The molecule has 0 bridgehead atoms. The van der Waals surface area contributed by atoms with E-state index in [1.54, 1.807) is 17.2 Å². The SMILES string of the molecule is Cc1nc2c(cnn2C(C)C)cc1C(=O)N[C@H](C)c1ccc(-n2cncn2)cc1. The summed E-state index contributed by atoms with van der Waals surface area (Å²) in [5.41, 5.74) is 3.96. The van der Waals surface area contributed by atoms with Crippen LogP contribution in [-0.2, 0) is 0 Å². The third kappa shape index (κ3) is 3.61. The van der Waals surface area contributed by atoms with Crippen LogP contribution in [0.1, 0.15) is 54.5 Å². The van der Waals surface area contributed by atoms with Gasteiger partial charge in [0.05, 0.1) is 29.2 Å². The molecule has 8 nitrogen and oxygen atoms in total. The van der Waals surface area contributed by atoms with Crippen molar-refractivity contribution in [3.05, 3.63) is 66.0 Å². The first kappa shape index (κ1) is 18.8. The number of hydrogen-bond acceptors (Lipinski definition) is 5. The topological polar surface area (TPSA) is 90.5 Å². The molecule has 0 saturated carbocycles. The zero-order chi connectivity index (χ0) is 20.5. The highest BCUT2D eigenvalue weighted by atomic mass is 16.1. The first-order chi connectivity index (χ1) is 13.9. The number of aryl methyl sites for hydroxylation is 1. The van der Waals surface area contributed by atoms with E-state index >= 15 is 0 Å². The molecule has 0 radical (unpaired) electrons. The van der Waals surface area contributed by atoms with Crippen LogP contribution in [0.5, 0.6) is 0 Å². The van der Waals surface area contributed by atoms with Gasteiger partial charge in [-0.25, -0.2) is 19.3 Å². The van der Waals surface area contributed by atoms with E-state index in [4.69, 9.17) is 0 Å². The lowest BCUT2D eigenvalue weighted by Crippen LogP contribution is -2.27. The number of nitrogens with zero attached hydrogens (tertiary/aromatic N) is 6. The number of amides is 1. The molecule has 1 amide bonds. The summed E-state index contributed by atoms with van der Waals surface area (Å²) < 4.78 is 3.55. The van der Waals surface area contributed by atoms with Gasteiger partial charge in [-0.15, -0.1) is 0 Å². The van der Waals surface area contributed by atoms with Gasteiger partial charge in [0.25, 0.3) is 5.91 Å². The van der Waals surface area contributed by atoms with Gasteiger partial charge in [0.1, 0.15) is 12.7 Å². The van der Waals surface area contributed by atoms with Crippen molar-refractivity contribution in [2.24, 2.45) is 0 Å². The van der Waals surface area contributed by atoms with Gasteiger partial charge in [0.2, 0.25) is 0 Å². The van der Waals surface area contributed by atoms with Crippen LogP contribution in [0.2, 0.25) is 0 Å². The molecule has 3 aromatic heterocycles. The van der Waals surface area contributed by atoms with E-state index in [-0.39, 0.29) is 18.0 Å². The van der Waals surface area contributed by atoms with Crippen LogP contribution in [0, 0.1) is 6.92 Å². The van der Waals surface area contributed by atoms with E-state index in [1.165, 1.54) is 6.33 Å². The third-order valence-electron chi connectivity index (χ3n) is 4.92. The van der Waals surface area contributed by atoms with E-state index < -0.39 is 0 Å². The molecule has 1 aromatic carbocycles. The summed E-state index contributed by atoms with van der Waals surface area (Å²) in [5.74, 6) is -0.151. The average molecular weight is 389 g/mol. The average Bonchev–Trinajstić information content (AvgIpc) is 3.37. The highest BCUT2D eigenvalue weighted by molar-refractivity contribution is 5.98. The maximum absolute atomic E-state index is 12.9. The van der Waals surface area contributed by atoms with Gasteiger partial charge in [0.15, 0.2) is 5.65 Å². The molecule has 8 heteroatoms. The van der Waals surface area contributed by atoms with E-state index in [9.17, 15) is 4.79 Å². The Hall–Kier alpha value is -3.55. The maximum atomic E-state index is 12.9. The number of fused-ring (bicyclic) bond motifs is 1. The Morgan fingerprint density at radius 3 is 2.52 bits per heavy atom. The first-order valence-corrected chi connectivity index (χ1v) is 9.54. The van der Waals surface area contributed by atoms with Gasteiger partial charge in [-0.05, 0) is 51.5 Å². The second-order valence-corrected chi connectivity index (χ2v) is 7.34. The van der Waals surface area contributed by atoms with Crippen LogP contribution < -0.4 is 5.32 Å². The molecule has 0 unspecified atom stereocenters. The van der Waals surface area contributed by atoms with Gasteiger partial charge in [0, 0.05) is 11.4 Å². The minimum Gasteiger partial charge on any atom is -0.345 e. The van der Waals surface area contributed by atoms with E-state index in [1.807, 2.05) is 48.9 Å². The molecule has 0 aliphatic carbocycles. The number of aromatic nitrogens is 6. The molecule has 148 valence electrons. The molecular formula is C21H23N7O. The Labute approximate surface area is 168 Å². The number of hydrogen-bond donors (Lipinski definition) is 1. The molecule has 29 heavy (non-hydrogen) atoms. The molecule has 0 fully saturated rings. The molecule has 1 N–H and O–H groups in total. The summed E-state index contributed by atoms with van der Waals surface area (Å²) in [6.07, 6.45) is 4.90. The largest absolute Gasteiger partial charge is 0.345 e. The normalized spacial score (nSPS) is 12.4. The predicted molar refractivity (Wildman–Crippen MR) is 110 cm³/mol. The quantitative estimate of drug-likeness (QED) is 0.565. The van der Waals surface area contributed by atoms with Crippen molar-refractivity contribution in [1.29, 1.82) is 0 Å². The van der Waals surface area contributed by atoms with Gasteiger partial charge in [-0.1, -0.05) is 12.1 Å². The Morgan fingerprint density at radius 1 is 1.10 bits per heavy atom. The van der Waals surface area contributed by atoms with Gasteiger partial charge >= 0.3 is 0 Å². The molecule has 0 aliphatic heterocycles. The second-order valence-electron chi connectivity index (χ2n) is 7.34. The van der Waals surface area contributed by atoms with Crippen molar-refractivity contribution in [1.82, 2.24) is 34.8 Å². The van der Waals surface area contributed by atoms with Crippen molar-refractivity contribution < 1.29 is 4.79 Å². The molecule has 3 heterocycles. The van der Waals surface area contributed by atoms with Crippen LogP contribution in [0.25, 0.3) is 16.7 Å². The molecule has 4 rings (SSSR count). The Balaban J connectivity index is 1.53. The smallest absolute Gasteiger partial charge is 0.253 e. The Kier molecular flexibility index (Phi) is 4.84. The summed E-state index contributed by atoms with van der Waals surface area (Å²) in [6, 6.07) is 9.77. The number of carbonyl (C=O) groups excluding carboxylic acids is 1. The number of benzene rings is 1. The summed E-state index contributed by atoms with van der Waals surface area (Å²) in [5, 5.41) is 12.4. The highest BCUT2D eigenvalue weighted by Crippen LogP contribution is 2.21. The molecule has 1 atom stereocenters. The van der Waals surface area contributed by atoms with E-state index in [2.05, 4.69) is 39.3 Å². The lowest BCUT2D eigenvalue weighted by Gasteiger charge is -2.16. The fourth-order valence-electron chi connectivity index (χ4n) is 3.29. The van der Waals surface area contributed by atoms with Crippen LogP contribution in [0.4, 0.5) is 0 Å². The summed E-state index contributed by atoms with van der Waals surface area (Å²) in [6.45, 7) is 7.92. The third-order valence-corrected chi connectivity index (χ3v) is 4.92. The fraction of sp³-hybridized carbons (Fsp3) is 0.286. The Morgan fingerprint density at radius 2 is 1.86 bits per heavy atom. The highest BCUT2D eigenvalue weighted by Gasteiger charge is 2.17. The molecule has 0 spiro atoms. The van der Waals surface area contributed by atoms with Gasteiger partial charge < -0.3 is 5.32 Å². The minimum atomic E-state index is -0.152.